The summed E-state index contributed by atoms with van der Waals surface area (Å²) < 4.78 is 0. The van der Waals surface area contributed by atoms with Gasteiger partial charge >= 0.3 is 0 Å². The van der Waals surface area contributed by atoms with Gasteiger partial charge in [-0.3, -0.25) is 4.79 Å². The summed E-state index contributed by atoms with van der Waals surface area (Å²) in [5.74, 6) is 0.539. The third kappa shape index (κ3) is 1.72. The average molecular weight is 277 g/mol. The number of benzene rings is 1. The number of hydrogen-bond acceptors (Lipinski definition) is 2. The number of amides is 1. The van der Waals surface area contributed by atoms with Crippen molar-refractivity contribution in [2.24, 2.45) is 11.3 Å². The van der Waals surface area contributed by atoms with Crippen LogP contribution in [0, 0.1) is 11.3 Å². The van der Waals surface area contributed by atoms with Crippen LogP contribution in [0.1, 0.15) is 18.4 Å². The number of nitrogens with zero attached hydrogens (tertiary/aromatic N) is 1. The van der Waals surface area contributed by atoms with Gasteiger partial charge in [0.05, 0.1) is 0 Å². The summed E-state index contributed by atoms with van der Waals surface area (Å²) in [6.45, 7) is 2.89. The van der Waals surface area contributed by atoms with E-state index in [1.807, 2.05) is 23.1 Å². The minimum absolute atomic E-state index is 0.229. The molecule has 100 valence electrons. The van der Waals surface area contributed by atoms with Gasteiger partial charge < -0.3 is 10.2 Å². The van der Waals surface area contributed by atoms with Gasteiger partial charge in [0.1, 0.15) is 0 Å². The van der Waals surface area contributed by atoms with Gasteiger partial charge in [0.15, 0.2) is 0 Å². The molecule has 0 bridgehead atoms. The molecule has 1 aromatic carbocycles. The number of rotatable bonds is 1. The van der Waals surface area contributed by atoms with Gasteiger partial charge in [-0.05, 0) is 48.9 Å². The average Bonchev–Trinajstić information content (AvgIpc) is 2.74. The highest BCUT2D eigenvalue weighted by Crippen LogP contribution is 2.57. The maximum Gasteiger partial charge on any atom is 0.230 e. The normalized spacial score (nSPS) is 31.8. The zero-order valence-corrected chi connectivity index (χ0v) is 11.5. The van der Waals surface area contributed by atoms with E-state index in [1.165, 1.54) is 5.56 Å². The third-order valence-corrected chi connectivity index (χ3v) is 5.21. The molecule has 1 saturated carbocycles. The number of fused-ring (bicyclic) bond motifs is 1. The van der Waals surface area contributed by atoms with Crippen molar-refractivity contribution in [1.29, 1.82) is 0 Å². The van der Waals surface area contributed by atoms with Crippen molar-refractivity contribution in [1.82, 2.24) is 5.32 Å². The molecule has 1 spiro atoms. The molecule has 19 heavy (non-hydrogen) atoms. The van der Waals surface area contributed by atoms with E-state index in [9.17, 15) is 4.79 Å². The minimum Gasteiger partial charge on any atom is -0.316 e. The van der Waals surface area contributed by atoms with E-state index < -0.39 is 0 Å². The van der Waals surface area contributed by atoms with E-state index in [-0.39, 0.29) is 11.3 Å². The Hall–Kier alpha value is -1.06. The first-order valence-electron chi connectivity index (χ1n) is 7.00. The van der Waals surface area contributed by atoms with Crippen molar-refractivity contribution >= 4 is 23.2 Å². The highest BCUT2D eigenvalue weighted by atomic mass is 35.5. The van der Waals surface area contributed by atoms with Crippen LogP contribution in [0.5, 0.6) is 0 Å². The van der Waals surface area contributed by atoms with Crippen LogP contribution in [0.2, 0.25) is 5.02 Å². The van der Waals surface area contributed by atoms with Gasteiger partial charge in [-0.1, -0.05) is 17.7 Å². The highest BCUT2D eigenvalue weighted by molar-refractivity contribution is 6.31. The smallest absolute Gasteiger partial charge is 0.230 e. The standard InChI is InChI=1S/C15H17ClN2O/c16-11-2-1-10-3-6-18(13(10)7-11)14(19)12-8-15(12)4-5-17-9-15/h1-2,7,12,17H,3-6,8-9H2. The Morgan fingerprint density at radius 2 is 2.37 bits per heavy atom. The monoisotopic (exact) mass is 276 g/mol. The molecule has 1 aromatic rings. The Morgan fingerprint density at radius 1 is 1.47 bits per heavy atom. The summed E-state index contributed by atoms with van der Waals surface area (Å²) in [6, 6.07) is 5.89. The molecular formula is C15H17ClN2O. The molecule has 0 radical (unpaired) electrons. The van der Waals surface area contributed by atoms with E-state index in [1.54, 1.807) is 0 Å². The van der Waals surface area contributed by atoms with Gasteiger partial charge in [0.2, 0.25) is 5.91 Å². The van der Waals surface area contributed by atoms with E-state index >= 15 is 0 Å². The second-order valence-corrected chi connectivity index (χ2v) is 6.50. The quantitative estimate of drug-likeness (QED) is 0.853. The summed E-state index contributed by atoms with van der Waals surface area (Å²) >= 11 is 6.06. The molecule has 2 fully saturated rings. The number of carbonyl (C=O) groups is 1. The lowest BCUT2D eigenvalue weighted by atomic mass is 10.0. The molecule has 4 rings (SSSR count). The molecule has 1 aliphatic carbocycles. The van der Waals surface area contributed by atoms with Crippen LogP contribution in [0.3, 0.4) is 0 Å². The van der Waals surface area contributed by atoms with Crippen LogP contribution in [0.4, 0.5) is 5.69 Å². The van der Waals surface area contributed by atoms with Crippen molar-refractivity contribution in [3.8, 4) is 0 Å². The molecule has 2 heterocycles. The molecule has 4 heteroatoms. The lowest BCUT2D eigenvalue weighted by Gasteiger charge is -2.19. The third-order valence-electron chi connectivity index (χ3n) is 4.97. The largest absolute Gasteiger partial charge is 0.316 e. The molecule has 2 unspecified atom stereocenters. The van der Waals surface area contributed by atoms with E-state index in [2.05, 4.69) is 5.32 Å². The van der Waals surface area contributed by atoms with Gasteiger partial charge in [-0.2, -0.15) is 0 Å². The molecule has 2 atom stereocenters. The summed E-state index contributed by atoms with van der Waals surface area (Å²) in [5.41, 5.74) is 2.56. The summed E-state index contributed by atoms with van der Waals surface area (Å²) in [7, 11) is 0. The van der Waals surface area contributed by atoms with Crippen LogP contribution in [0.15, 0.2) is 18.2 Å². The Morgan fingerprint density at radius 3 is 3.16 bits per heavy atom. The minimum atomic E-state index is 0.229. The number of halogens is 1. The molecule has 1 N–H and O–H groups in total. The van der Waals surface area contributed by atoms with Crippen LogP contribution in [0.25, 0.3) is 0 Å². The van der Waals surface area contributed by atoms with Gasteiger partial charge in [-0.25, -0.2) is 0 Å². The predicted octanol–water partition coefficient (Wildman–Crippen LogP) is 2.23. The highest BCUT2D eigenvalue weighted by Gasteiger charge is 2.60. The van der Waals surface area contributed by atoms with E-state index in [0.717, 1.165) is 44.6 Å². The SMILES string of the molecule is O=C(C1CC12CCNC2)N1CCc2ccc(Cl)cc21. The zero-order valence-electron chi connectivity index (χ0n) is 10.8. The predicted molar refractivity (Wildman–Crippen MR) is 75.5 cm³/mol. The Bertz CT molecular complexity index is 551. The van der Waals surface area contributed by atoms with Crippen molar-refractivity contribution < 1.29 is 4.79 Å². The first-order chi connectivity index (χ1) is 9.20. The molecular weight excluding hydrogens is 260 g/mol. The number of nitrogens with one attached hydrogen (secondary N) is 1. The van der Waals surface area contributed by atoms with Crippen LogP contribution in [-0.2, 0) is 11.2 Å². The van der Waals surface area contributed by atoms with Crippen molar-refractivity contribution in [2.45, 2.75) is 19.3 Å². The Labute approximate surface area is 117 Å². The molecule has 2 aliphatic heterocycles. The Kier molecular flexibility index (Phi) is 2.45. The fraction of sp³-hybridized carbons (Fsp3) is 0.533. The van der Waals surface area contributed by atoms with Gasteiger partial charge in [0, 0.05) is 29.7 Å². The Balaban J connectivity index is 1.59. The fourth-order valence-electron chi connectivity index (χ4n) is 3.70. The molecule has 1 saturated heterocycles. The van der Waals surface area contributed by atoms with Gasteiger partial charge in [0.25, 0.3) is 0 Å². The molecule has 1 amide bonds. The topological polar surface area (TPSA) is 32.3 Å². The van der Waals surface area contributed by atoms with Crippen LogP contribution < -0.4 is 10.2 Å². The van der Waals surface area contributed by atoms with Crippen molar-refractivity contribution in [3.05, 3.63) is 28.8 Å². The van der Waals surface area contributed by atoms with E-state index in [4.69, 9.17) is 11.6 Å². The lowest BCUT2D eigenvalue weighted by Crippen LogP contribution is -2.32. The fourth-order valence-corrected chi connectivity index (χ4v) is 3.87. The zero-order chi connectivity index (χ0) is 13.0. The first-order valence-corrected chi connectivity index (χ1v) is 7.38. The lowest BCUT2D eigenvalue weighted by molar-refractivity contribution is -0.120. The second kappa shape index (κ2) is 3.97. The number of anilines is 1. The van der Waals surface area contributed by atoms with Crippen LogP contribution in [-0.4, -0.2) is 25.5 Å². The number of hydrogen-bond donors (Lipinski definition) is 1. The maximum atomic E-state index is 12.7. The molecule has 3 nitrogen and oxygen atoms in total. The summed E-state index contributed by atoms with van der Waals surface area (Å²) in [6.07, 6.45) is 3.17. The molecule has 3 aliphatic rings. The summed E-state index contributed by atoms with van der Waals surface area (Å²) in [4.78, 5) is 14.7. The van der Waals surface area contributed by atoms with Gasteiger partial charge in [-0.15, -0.1) is 0 Å². The second-order valence-electron chi connectivity index (χ2n) is 6.06. The molecule has 0 aromatic heterocycles. The maximum absolute atomic E-state index is 12.7. The first kappa shape index (κ1) is 11.7. The summed E-state index contributed by atoms with van der Waals surface area (Å²) in [5, 5.41) is 4.10. The van der Waals surface area contributed by atoms with E-state index in [0.29, 0.717) is 10.9 Å². The van der Waals surface area contributed by atoms with Crippen molar-refractivity contribution in [2.75, 3.05) is 24.5 Å². The van der Waals surface area contributed by atoms with Crippen LogP contribution >= 0.6 is 11.6 Å². The number of carbonyl (C=O) groups excluding carboxylic acids is 1. The van der Waals surface area contributed by atoms with Crippen molar-refractivity contribution in [3.63, 3.8) is 0 Å².